The van der Waals surface area contributed by atoms with Crippen molar-refractivity contribution < 1.29 is 14.3 Å². The number of rotatable bonds is 6. The van der Waals surface area contributed by atoms with Crippen LogP contribution < -0.4 is 19.6 Å². The molecule has 2 aromatic carbocycles. The number of allylic oxidation sites excluding steroid dienone is 1. The molecule has 0 saturated heterocycles. The number of methoxy groups -OCH3 is 1. The molecule has 1 aliphatic rings. The second-order valence-electron chi connectivity index (χ2n) is 10.7. The van der Waals surface area contributed by atoms with E-state index in [0.29, 0.717) is 26.4 Å². The normalized spacial score (nSPS) is 15.2. The first-order chi connectivity index (χ1) is 19.5. The summed E-state index contributed by atoms with van der Waals surface area (Å²) in [4.78, 5) is 32.6. The van der Waals surface area contributed by atoms with Crippen LogP contribution in [-0.4, -0.2) is 28.3 Å². The number of carbonyl (C=O) groups is 1. The van der Waals surface area contributed by atoms with Gasteiger partial charge in [-0.25, -0.2) is 9.79 Å². The van der Waals surface area contributed by atoms with Crippen molar-refractivity contribution in [3.8, 4) is 11.4 Å². The molecule has 41 heavy (non-hydrogen) atoms. The minimum atomic E-state index is -0.673. The van der Waals surface area contributed by atoms with Crippen LogP contribution in [0, 0.1) is 27.7 Å². The van der Waals surface area contributed by atoms with E-state index < -0.39 is 12.0 Å². The second kappa shape index (κ2) is 11.0. The lowest BCUT2D eigenvalue weighted by Gasteiger charge is -2.25. The fourth-order valence-corrected chi connectivity index (χ4v) is 6.34. The van der Waals surface area contributed by atoms with Crippen LogP contribution in [0.1, 0.15) is 60.5 Å². The number of benzene rings is 2. The number of hydrogen-bond donors (Lipinski definition) is 0. The fraction of sp³-hybridized carbons (Fsp3) is 0.303. The van der Waals surface area contributed by atoms with Gasteiger partial charge in [-0.15, -0.1) is 0 Å². The van der Waals surface area contributed by atoms with Gasteiger partial charge in [0.25, 0.3) is 5.56 Å². The van der Waals surface area contributed by atoms with Gasteiger partial charge in [-0.2, -0.15) is 0 Å². The van der Waals surface area contributed by atoms with Crippen LogP contribution in [0.5, 0.6) is 5.75 Å². The van der Waals surface area contributed by atoms with E-state index in [2.05, 4.69) is 56.5 Å². The molecule has 3 heterocycles. The Morgan fingerprint density at radius 3 is 2.34 bits per heavy atom. The maximum atomic E-state index is 14.1. The van der Waals surface area contributed by atoms with E-state index in [1.165, 1.54) is 22.5 Å². The maximum Gasteiger partial charge on any atom is 0.338 e. The van der Waals surface area contributed by atoms with Crippen LogP contribution in [0.15, 0.2) is 69.6 Å². The smallest absolute Gasteiger partial charge is 0.338 e. The molecule has 8 heteroatoms. The molecule has 7 nitrogen and oxygen atoms in total. The number of ether oxygens (including phenoxy) is 2. The van der Waals surface area contributed by atoms with Crippen molar-refractivity contribution in [2.24, 2.45) is 4.99 Å². The molecule has 0 amide bonds. The molecule has 0 N–H and O–H groups in total. The molecule has 0 aliphatic carbocycles. The minimum absolute atomic E-state index is 0.201. The predicted molar refractivity (Wildman–Crippen MR) is 163 cm³/mol. The molecule has 0 radical (unpaired) electrons. The van der Waals surface area contributed by atoms with Gasteiger partial charge in [-0.05, 0) is 107 Å². The van der Waals surface area contributed by atoms with Crippen LogP contribution >= 0.6 is 11.3 Å². The number of thiazole rings is 1. The molecule has 0 fully saturated rings. The lowest BCUT2D eigenvalue weighted by atomic mass is 9.96. The number of hydrogen-bond acceptors (Lipinski definition) is 6. The van der Waals surface area contributed by atoms with Crippen LogP contribution in [-0.2, 0) is 9.53 Å². The van der Waals surface area contributed by atoms with Crippen molar-refractivity contribution >= 4 is 23.4 Å². The highest BCUT2D eigenvalue weighted by molar-refractivity contribution is 7.07. The van der Waals surface area contributed by atoms with E-state index in [-0.39, 0.29) is 11.7 Å². The van der Waals surface area contributed by atoms with Crippen molar-refractivity contribution in [3.05, 3.63) is 113 Å². The molecule has 0 spiro atoms. The maximum absolute atomic E-state index is 14.1. The lowest BCUT2D eigenvalue weighted by molar-refractivity contribution is -0.143. The standard InChI is InChI=1S/C33H35N3O4S/c1-18(2)40-32(38)29-22(6)34-33-36(30(29)24-10-13-27(39-8)14-11-24)31(37)28(41-33)17-25-16-21(5)35(23(25)7)26-12-9-19(3)20(4)15-26/h9-18,30H,1-8H3/b28-17+/t30-/m1/s1. The lowest BCUT2D eigenvalue weighted by Crippen LogP contribution is -2.40. The topological polar surface area (TPSA) is 74.8 Å². The quantitative estimate of drug-likeness (QED) is 0.299. The zero-order valence-corrected chi connectivity index (χ0v) is 25.6. The highest BCUT2D eigenvalue weighted by Crippen LogP contribution is 2.32. The first-order valence-electron chi connectivity index (χ1n) is 13.6. The predicted octanol–water partition coefficient (Wildman–Crippen LogP) is 5.22. The highest BCUT2D eigenvalue weighted by atomic mass is 32.1. The SMILES string of the molecule is COc1ccc([C@@H]2C(C(=O)OC(C)C)=C(C)N=c3s/c(=C/c4cc(C)n(-c5ccc(C)c(C)c5)c4C)c(=O)n32)cc1. The minimum Gasteiger partial charge on any atom is -0.497 e. The summed E-state index contributed by atoms with van der Waals surface area (Å²) in [5.41, 5.74) is 8.12. The summed E-state index contributed by atoms with van der Waals surface area (Å²) in [5.74, 6) is 0.209. The Morgan fingerprint density at radius 2 is 1.71 bits per heavy atom. The van der Waals surface area contributed by atoms with Crippen LogP contribution in [0.3, 0.4) is 0 Å². The van der Waals surface area contributed by atoms with Gasteiger partial charge in [0, 0.05) is 17.1 Å². The average Bonchev–Trinajstić information content (AvgIpc) is 3.38. The van der Waals surface area contributed by atoms with E-state index in [9.17, 15) is 9.59 Å². The molecule has 212 valence electrons. The Bertz CT molecular complexity index is 1870. The van der Waals surface area contributed by atoms with Gasteiger partial charge in [0.1, 0.15) is 5.75 Å². The first kappa shape index (κ1) is 28.4. The Morgan fingerprint density at radius 1 is 1.00 bits per heavy atom. The fourth-order valence-electron chi connectivity index (χ4n) is 5.30. The van der Waals surface area contributed by atoms with Crippen molar-refractivity contribution in [1.82, 2.24) is 9.13 Å². The van der Waals surface area contributed by atoms with Crippen LogP contribution in [0.2, 0.25) is 0 Å². The zero-order chi connectivity index (χ0) is 29.6. The largest absolute Gasteiger partial charge is 0.497 e. The molecule has 1 aliphatic heterocycles. The van der Waals surface area contributed by atoms with E-state index in [4.69, 9.17) is 14.5 Å². The second-order valence-corrected chi connectivity index (χ2v) is 11.7. The summed E-state index contributed by atoms with van der Waals surface area (Å²) in [6.45, 7) is 13.8. The van der Waals surface area contributed by atoms with E-state index in [0.717, 1.165) is 28.2 Å². The van der Waals surface area contributed by atoms with Gasteiger partial charge in [0.2, 0.25) is 0 Å². The summed E-state index contributed by atoms with van der Waals surface area (Å²) in [5, 5.41) is 0. The van der Waals surface area contributed by atoms with Crippen molar-refractivity contribution in [2.45, 2.75) is 60.6 Å². The van der Waals surface area contributed by atoms with Gasteiger partial charge in [-0.1, -0.05) is 29.5 Å². The molecule has 0 unspecified atom stereocenters. The molecule has 4 aromatic rings. The van der Waals surface area contributed by atoms with Crippen molar-refractivity contribution in [1.29, 1.82) is 0 Å². The molecule has 0 saturated carbocycles. The molecule has 2 aromatic heterocycles. The zero-order valence-electron chi connectivity index (χ0n) is 24.7. The van der Waals surface area contributed by atoms with Gasteiger partial charge in [-0.3, -0.25) is 9.36 Å². The Kier molecular flexibility index (Phi) is 7.62. The molecule has 1 atom stereocenters. The van der Waals surface area contributed by atoms with Gasteiger partial charge in [0.15, 0.2) is 4.80 Å². The third kappa shape index (κ3) is 5.20. The summed E-state index contributed by atoms with van der Waals surface area (Å²) >= 11 is 1.33. The van der Waals surface area contributed by atoms with E-state index >= 15 is 0 Å². The highest BCUT2D eigenvalue weighted by Gasteiger charge is 2.33. The van der Waals surface area contributed by atoms with Crippen LogP contribution in [0.25, 0.3) is 11.8 Å². The monoisotopic (exact) mass is 569 g/mol. The van der Waals surface area contributed by atoms with Crippen LogP contribution in [0.4, 0.5) is 0 Å². The third-order valence-electron chi connectivity index (χ3n) is 7.52. The van der Waals surface area contributed by atoms with Crippen molar-refractivity contribution in [3.63, 3.8) is 0 Å². The number of fused-ring (bicyclic) bond motifs is 1. The summed E-state index contributed by atoms with van der Waals surface area (Å²) in [7, 11) is 1.60. The van der Waals surface area contributed by atoms with Gasteiger partial charge in [0.05, 0.1) is 35.1 Å². The average molecular weight is 570 g/mol. The molecular weight excluding hydrogens is 534 g/mol. The molecule has 0 bridgehead atoms. The summed E-state index contributed by atoms with van der Waals surface area (Å²) in [6, 6.07) is 15.3. The number of aromatic nitrogens is 2. The number of esters is 1. The molecular formula is C33H35N3O4S. The summed E-state index contributed by atoms with van der Waals surface area (Å²) in [6.07, 6.45) is 1.62. The third-order valence-corrected chi connectivity index (χ3v) is 8.50. The van der Waals surface area contributed by atoms with Gasteiger partial charge < -0.3 is 14.0 Å². The van der Waals surface area contributed by atoms with E-state index in [1.807, 2.05) is 30.3 Å². The number of carbonyl (C=O) groups excluding carboxylic acids is 1. The van der Waals surface area contributed by atoms with Crippen molar-refractivity contribution in [2.75, 3.05) is 7.11 Å². The van der Waals surface area contributed by atoms with E-state index in [1.54, 1.807) is 32.4 Å². The first-order valence-corrected chi connectivity index (χ1v) is 14.5. The number of aryl methyl sites for hydroxylation is 3. The Labute approximate surface area is 243 Å². The molecule has 5 rings (SSSR count). The Balaban J connectivity index is 1.68. The summed E-state index contributed by atoms with van der Waals surface area (Å²) < 4.78 is 15.3. The van der Waals surface area contributed by atoms with Gasteiger partial charge >= 0.3 is 5.97 Å². The number of nitrogens with zero attached hydrogens (tertiary/aromatic N) is 3. The Hall–Kier alpha value is -4.17.